The van der Waals surface area contributed by atoms with Crippen molar-refractivity contribution >= 4 is 11.3 Å². The van der Waals surface area contributed by atoms with Gasteiger partial charge < -0.3 is 0 Å². The molecule has 1 heterocycles. The lowest BCUT2D eigenvalue weighted by atomic mass is 9.89. The first-order valence-electron chi connectivity index (χ1n) is 6.50. The highest BCUT2D eigenvalue weighted by molar-refractivity contribution is 7.09. The van der Waals surface area contributed by atoms with Crippen molar-refractivity contribution in [3.8, 4) is 0 Å². The van der Waals surface area contributed by atoms with Crippen LogP contribution in [0.1, 0.15) is 63.1 Å². The summed E-state index contributed by atoms with van der Waals surface area (Å²) in [6.45, 7) is 6.77. The third-order valence-corrected chi connectivity index (χ3v) is 5.32. The Morgan fingerprint density at radius 3 is 2.56 bits per heavy atom. The van der Waals surface area contributed by atoms with E-state index in [0.29, 0.717) is 0 Å². The summed E-state index contributed by atoms with van der Waals surface area (Å²) in [5.74, 6) is 2.79. The molecule has 1 aromatic heterocycles. The molecule has 0 aromatic carbocycles. The van der Waals surface area contributed by atoms with E-state index >= 15 is 0 Å². The molecular weight excluding hydrogens is 214 g/mol. The van der Waals surface area contributed by atoms with Crippen molar-refractivity contribution in [3.63, 3.8) is 0 Å². The minimum Gasteiger partial charge on any atom is -0.245 e. The normalized spacial score (nSPS) is 33.6. The molecule has 0 radical (unpaired) electrons. The molecule has 0 saturated heterocycles. The third-order valence-electron chi connectivity index (χ3n) is 4.35. The Hall–Kier alpha value is -0.370. The van der Waals surface area contributed by atoms with E-state index < -0.39 is 0 Å². The quantitative estimate of drug-likeness (QED) is 0.705. The van der Waals surface area contributed by atoms with Gasteiger partial charge in [-0.05, 0) is 31.1 Å². The summed E-state index contributed by atoms with van der Waals surface area (Å²) in [4.78, 5) is 4.90. The van der Waals surface area contributed by atoms with Crippen LogP contribution in [-0.2, 0) is 5.41 Å². The number of thiazole rings is 1. The molecule has 3 atom stereocenters. The van der Waals surface area contributed by atoms with Crippen molar-refractivity contribution in [1.29, 1.82) is 0 Å². The summed E-state index contributed by atoms with van der Waals surface area (Å²) in [6, 6.07) is 0. The van der Waals surface area contributed by atoms with Gasteiger partial charge in [0.2, 0.25) is 0 Å². The third kappa shape index (κ3) is 1.71. The molecule has 1 nitrogen and oxygen atoms in total. The van der Waals surface area contributed by atoms with Crippen LogP contribution < -0.4 is 0 Å². The van der Waals surface area contributed by atoms with Gasteiger partial charge in [0.1, 0.15) is 0 Å². The molecule has 1 aromatic rings. The Kier molecular flexibility index (Phi) is 2.39. The highest BCUT2D eigenvalue weighted by Gasteiger charge is 2.41. The van der Waals surface area contributed by atoms with Crippen LogP contribution >= 0.6 is 11.3 Å². The lowest BCUT2D eigenvalue weighted by Crippen LogP contribution is -2.13. The van der Waals surface area contributed by atoms with Gasteiger partial charge in [0.15, 0.2) is 0 Å². The predicted molar refractivity (Wildman–Crippen MR) is 69.0 cm³/mol. The van der Waals surface area contributed by atoms with E-state index in [4.69, 9.17) is 4.98 Å². The van der Waals surface area contributed by atoms with Crippen LogP contribution in [0.25, 0.3) is 0 Å². The molecule has 0 N–H and O–H groups in total. The molecule has 2 fully saturated rings. The summed E-state index contributed by atoms with van der Waals surface area (Å²) < 4.78 is 0. The number of hydrogen-bond acceptors (Lipinski definition) is 2. The van der Waals surface area contributed by atoms with Crippen LogP contribution in [0.4, 0.5) is 0 Å². The zero-order chi connectivity index (χ0) is 11.3. The molecule has 88 valence electrons. The first kappa shape index (κ1) is 10.8. The predicted octanol–water partition coefficient (Wildman–Crippen LogP) is 4.34. The second-order valence-electron chi connectivity index (χ2n) is 6.60. The van der Waals surface area contributed by atoms with Crippen LogP contribution in [0.2, 0.25) is 0 Å². The summed E-state index contributed by atoms with van der Waals surface area (Å²) in [7, 11) is 0. The number of hydrogen-bond donors (Lipinski definition) is 0. The van der Waals surface area contributed by atoms with E-state index in [1.165, 1.54) is 36.4 Å². The maximum Gasteiger partial charge on any atom is 0.0962 e. The van der Waals surface area contributed by atoms with Gasteiger partial charge in [0.25, 0.3) is 0 Å². The van der Waals surface area contributed by atoms with E-state index in [0.717, 1.165) is 17.8 Å². The standard InChI is InChI=1S/C14H21NS/c1-14(2,3)12-8-16-13(15-12)11-7-9-4-5-10(11)6-9/h8-11H,4-7H2,1-3H3. The second kappa shape index (κ2) is 3.56. The summed E-state index contributed by atoms with van der Waals surface area (Å²) in [5, 5.41) is 3.71. The molecule has 0 amide bonds. The SMILES string of the molecule is CC(C)(C)c1csc(C2CC3CCC2C3)n1. The summed E-state index contributed by atoms with van der Waals surface area (Å²) in [5.41, 5.74) is 1.50. The second-order valence-corrected chi connectivity index (χ2v) is 7.49. The van der Waals surface area contributed by atoms with Crippen molar-refractivity contribution in [2.75, 3.05) is 0 Å². The Morgan fingerprint density at radius 1 is 1.25 bits per heavy atom. The van der Waals surface area contributed by atoms with Crippen molar-refractivity contribution in [2.24, 2.45) is 11.8 Å². The van der Waals surface area contributed by atoms with E-state index in [2.05, 4.69) is 26.2 Å². The lowest BCUT2D eigenvalue weighted by molar-refractivity contribution is 0.417. The van der Waals surface area contributed by atoms with Gasteiger partial charge in [-0.15, -0.1) is 11.3 Å². The van der Waals surface area contributed by atoms with Crippen molar-refractivity contribution in [2.45, 2.75) is 57.8 Å². The minimum atomic E-state index is 0.215. The zero-order valence-corrected chi connectivity index (χ0v) is 11.3. The first-order valence-corrected chi connectivity index (χ1v) is 7.38. The highest BCUT2D eigenvalue weighted by atomic mass is 32.1. The van der Waals surface area contributed by atoms with Crippen LogP contribution in [0.15, 0.2) is 5.38 Å². The molecule has 16 heavy (non-hydrogen) atoms. The van der Waals surface area contributed by atoms with Crippen LogP contribution in [-0.4, -0.2) is 4.98 Å². The van der Waals surface area contributed by atoms with Gasteiger partial charge in [0.05, 0.1) is 10.7 Å². The van der Waals surface area contributed by atoms with Gasteiger partial charge in [-0.2, -0.15) is 0 Å². The maximum absolute atomic E-state index is 4.90. The minimum absolute atomic E-state index is 0.215. The molecule has 0 aliphatic heterocycles. The van der Waals surface area contributed by atoms with Crippen molar-refractivity contribution in [3.05, 3.63) is 16.1 Å². The highest BCUT2D eigenvalue weighted by Crippen LogP contribution is 2.53. The van der Waals surface area contributed by atoms with Crippen LogP contribution in [0, 0.1) is 11.8 Å². The van der Waals surface area contributed by atoms with E-state index in [1.54, 1.807) is 0 Å². The Labute approximate surface area is 102 Å². The van der Waals surface area contributed by atoms with Gasteiger partial charge >= 0.3 is 0 Å². The molecule has 2 aliphatic carbocycles. The lowest BCUT2D eigenvalue weighted by Gasteiger charge is -2.19. The Balaban J connectivity index is 1.83. The van der Waals surface area contributed by atoms with Crippen LogP contribution in [0.5, 0.6) is 0 Å². The molecule has 2 heteroatoms. The maximum atomic E-state index is 4.90. The Bertz CT molecular complexity index is 388. The number of aromatic nitrogens is 1. The zero-order valence-electron chi connectivity index (χ0n) is 10.5. The monoisotopic (exact) mass is 235 g/mol. The molecule has 2 saturated carbocycles. The van der Waals surface area contributed by atoms with E-state index in [-0.39, 0.29) is 5.41 Å². The molecule has 2 bridgehead atoms. The van der Waals surface area contributed by atoms with Crippen molar-refractivity contribution < 1.29 is 0 Å². The van der Waals surface area contributed by atoms with Crippen LogP contribution in [0.3, 0.4) is 0 Å². The molecule has 3 unspecified atom stereocenters. The average Bonchev–Trinajstić information content (AvgIpc) is 2.92. The van der Waals surface area contributed by atoms with Gasteiger partial charge in [-0.3, -0.25) is 0 Å². The Morgan fingerprint density at radius 2 is 2.06 bits per heavy atom. The van der Waals surface area contributed by atoms with E-state index in [9.17, 15) is 0 Å². The van der Waals surface area contributed by atoms with Gasteiger partial charge in [0, 0.05) is 16.7 Å². The average molecular weight is 235 g/mol. The fraction of sp³-hybridized carbons (Fsp3) is 0.786. The largest absolute Gasteiger partial charge is 0.245 e. The fourth-order valence-corrected chi connectivity index (χ4v) is 4.60. The number of nitrogens with zero attached hydrogens (tertiary/aromatic N) is 1. The number of fused-ring (bicyclic) bond motifs is 2. The summed E-state index contributed by atoms with van der Waals surface area (Å²) in [6.07, 6.45) is 5.84. The topological polar surface area (TPSA) is 12.9 Å². The van der Waals surface area contributed by atoms with Gasteiger partial charge in [-0.1, -0.05) is 27.2 Å². The number of rotatable bonds is 1. The first-order chi connectivity index (χ1) is 7.54. The molecule has 3 rings (SSSR count). The summed E-state index contributed by atoms with van der Waals surface area (Å²) >= 11 is 1.90. The molecule has 0 spiro atoms. The van der Waals surface area contributed by atoms with Gasteiger partial charge in [-0.25, -0.2) is 4.98 Å². The molecule has 2 aliphatic rings. The smallest absolute Gasteiger partial charge is 0.0962 e. The molecular formula is C14H21NS. The van der Waals surface area contributed by atoms with Crippen molar-refractivity contribution in [1.82, 2.24) is 4.98 Å². The fourth-order valence-electron chi connectivity index (χ4n) is 3.35. The van der Waals surface area contributed by atoms with E-state index in [1.807, 2.05) is 11.3 Å².